The highest BCUT2D eigenvalue weighted by Gasteiger charge is 2.04. The second-order valence-electron chi connectivity index (χ2n) is 3.77. The molecule has 0 saturated carbocycles. The van der Waals surface area contributed by atoms with Gasteiger partial charge in [-0.1, -0.05) is 6.92 Å². The number of nitrogens with one attached hydrogen (secondary N) is 1. The Morgan fingerprint density at radius 2 is 2.33 bits per heavy atom. The molecule has 0 unspecified atom stereocenters. The summed E-state index contributed by atoms with van der Waals surface area (Å²) in [6.07, 6.45) is 0.928. The first-order chi connectivity index (χ1) is 8.79. The van der Waals surface area contributed by atoms with Crippen molar-refractivity contribution in [2.24, 2.45) is 0 Å². The van der Waals surface area contributed by atoms with Crippen molar-refractivity contribution in [2.45, 2.75) is 19.9 Å². The maximum Gasteiger partial charge on any atom is 0.239 e. The van der Waals surface area contributed by atoms with Crippen LogP contribution in [0.25, 0.3) is 0 Å². The molecule has 0 atom stereocenters. The smallest absolute Gasteiger partial charge is 0.239 e. The Morgan fingerprint density at radius 1 is 1.44 bits per heavy atom. The van der Waals surface area contributed by atoms with Gasteiger partial charge in [0.1, 0.15) is 5.82 Å². The summed E-state index contributed by atoms with van der Waals surface area (Å²) >= 11 is 1.58. The molecular weight excluding hydrogens is 248 g/mol. The third-order valence-corrected chi connectivity index (χ3v) is 2.90. The van der Waals surface area contributed by atoms with Gasteiger partial charge in [0.2, 0.25) is 5.88 Å². The Morgan fingerprint density at radius 3 is 3.06 bits per heavy atom. The van der Waals surface area contributed by atoms with E-state index in [-0.39, 0.29) is 0 Å². The minimum Gasteiger partial charge on any atom is -0.476 e. The summed E-state index contributed by atoms with van der Waals surface area (Å²) in [4.78, 5) is 8.52. The van der Waals surface area contributed by atoms with Gasteiger partial charge in [0, 0.05) is 5.38 Å². The number of hydrogen-bond acceptors (Lipinski definition) is 6. The van der Waals surface area contributed by atoms with Crippen LogP contribution in [0.1, 0.15) is 19.0 Å². The van der Waals surface area contributed by atoms with Crippen LogP contribution in [-0.4, -0.2) is 16.6 Å². The van der Waals surface area contributed by atoms with E-state index in [1.54, 1.807) is 17.4 Å². The van der Waals surface area contributed by atoms with Crippen LogP contribution in [0, 0.1) is 0 Å². The molecule has 0 aromatic carbocycles. The molecule has 0 fully saturated rings. The minimum absolute atomic E-state index is 0.486. The minimum atomic E-state index is 0.486. The van der Waals surface area contributed by atoms with E-state index in [9.17, 15) is 0 Å². The molecule has 0 aliphatic rings. The van der Waals surface area contributed by atoms with E-state index < -0.39 is 0 Å². The fourth-order valence-electron chi connectivity index (χ4n) is 1.37. The van der Waals surface area contributed by atoms with Gasteiger partial charge in [0.15, 0.2) is 0 Å². The topological polar surface area (TPSA) is 73.1 Å². The van der Waals surface area contributed by atoms with E-state index in [1.807, 2.05) is 23.9 Å². The summed E-state index contributed by atoms with van der Waals surface area (Å²) in [7, 11) is 0. The van der Waals surface area contributed by atoms with Crippen molar-refractivity contribution in [1.82, 2.24) is 9.97 Å². The lowest BCUT2D eigenvalue weighted by Crippen LogP contribution is -2.05. The van der Waals surface area contributed by atoms with Crippen molar-refractivity contribution in [3.05, 3.63) is 28.7 Å². The van der Waals surface area contributed by atoms with Crippen LogP contribution in [0.15, 0.2) is 23.0 Å². The number of aromatic nitrogens is 2. The Bertz CT molecular complexity index is 487. The lowest BCUT2D eigenvalue weighted by Gasteiger charge is -2.09. The van der Waals surface area contributed by atoms with Crippen molar-refractivity contribution in [1.29, 1.82) is 0 Å². The molecule has 0 radical (unpaired) electrons. The summed E-state index contributed by atoms with van der Waals surface area (Å²) in [6, 6.07) is 3.63. The van der Waals surface area contributed by atoms with Gasteiger partial charge in [0.05, 0.1) is 30.0 Å². The molecule has 0 amide bonds. The highest BCUT2D eigenvalue weighted by molar-refractivity contribution is 7.07. The lowest BCUT2D eigenvalue weighted by atomic mass is 10.4. The predicted molar refractivity (Wildman–Crippen MR) is 73.9 cm³/mol. The number of pyridine rings is 1. The van der Waals surface area contributed by atoms with Gasteiger partial charge >= 0.3 is 0 Å². The molecule has 2 aromatic heterocycles. The first-order valence-electron chi connectivity index (χ1n) is 5.80. The van der Waals surface area contributed by atoms with Crippen molar-refractivity contribution < 1.29 is 4.74 Å². The molecule has 0 saturated heterocycles. The van der Waals surface area contributed by atoms with Crippen LogP contribution >= 0.6 is 11.3 Å². The molecule has 0 aliphatic heterocycles. The van der Waals surface area contributed by atoms with Crippen molar-refractivity contribution in [3.8, 4) is 5.88 Å². The average molecular weight is 264 g/mol. The molecule has 96 valence electrons. The molecule has 0 aliphatic carbocycles. The van der Waals surface area contributed by atoms with Crippen LogP contribution in [0.3, 0.4) is 0 Å². The Labute approximate surface area is 110 Å². The number of nitrogens with two attached hydrogens (primary N) is 1. The molecule has 3 N–H and O–H groups in total. The number of hydrogen-bond donors (Lipinski definition) is 2. The number of thiazole rings is 1. The normalized spacial score (nSPS) is 10.3. The summed E-state index contributed by atoms with van der Waals surface area (Å²) < 4.78 is 5.47. The Balaban J connectivity index is 2.00. The Kier molecular flexibility index (Phi) is 4.35. The number of ether oxygens (including phenoxy) is 1. The van der Waals surface area contributed by atoms with E-state index in [2.05, 4.69) is 15.3 Å². The van der Waals surface area contributed by atoms with Crippen LogP contribution in [0.5, 0.6) is 5.88 Å². The highest BCUT2D eigenvalue weighted by atomic mass is 32.1. The maximum absolute atomic E-state index is 5.80. The van der Waals surface area contributed by atoms with Gasteiger partial charge in [-0.2, -0.15) is 4.98 Å². The van der Waals surface area contributed by atoms with Gasteiger partial charge in [-0.25, -0.2) is 4.98 Å². The van der Waals surface area contributed by atoms with E-state index in [0.29, 0.717) is 24.7 Å². The van der Waals surface area contributed by atoms with Crippen molar-refractivity contribution in [3.63, 3.8) is 0 Å². The molecular formula is C12H16N4OS. The number of nitrogens with zero attached hydrogens (tertiary/aromatic N) is 2. The summed E-state index contributed by atoms with van der Waals surface area (Å²) in [5.41, 5.74) is 9.16. The van der Waals surface area contributed by atoms with E-state index in [0.717, 1.165) is 17.9 Å². The van der Waals surface area contributed by atoms with Crippen molar-refractivity contribution in [2.75, 3.05) is 17.7 Å². The van der Waals surface area contributed by atoms with Gasteiger partial charge in [-0.15, -0.1) is 11.3 Å². The third-order valence-electron chi connectivity index (χ3n) is 2.27. The molecule has 2 aromatic rings. The van der Waals surface area contributed by atoms with Crippen molar-refractivity contribution >= 4 is 22.8 Å². The van der Waals surface area contributed by atoms with Crippen LogP contribution in [0.4, 0.5) is 11.5 Å². The molecule has 5 nitrogen and oxygen atoms in total. The van der Waals surface area contributed by atoms with E-state index >= 15 is 0 Å². The SMILES string of the molecule is CCCOc1nc(NCc2cscn2)ccc1N. The molecule has 6 heteroatoms. The fraction of sp³-hybridized carbons (Fsp3) is 0.333. The number of rotatable bonds is 6. The van der Waals surface area contributed by atoms with Gasteiger partial charge in [-0.3, -0.25) is 0 Å². The summed E-state index contributed by atoms with van der Waals surface area (Å²) in [5, 5.41) is 5.19. The quantitative estimate of drug-likeness (QED) is 0.838. The van der Waals surface area contributed by atoms with E-state index in [1.165, 1.54) is 0 Å². The molecule has 0 spiro atoms. The summed E-state index contributed by atoms with van der Waals surface area (Å²) in [5.74, 6) is 1.23. The zero-order chi connectivity index (χ0) is 12.8. The molecule has 2 rings (SSSR count). The second kappa shape index (κ2) is 6.20. The maximum atomic E-state index is 5.80. The monoisotopic (exact) mass is 264 g/mol. The van der Waals surface area contributed by atoms with Crippen LogP contribution in [0.2, 0.25) is 0 Å². The average Bonchev–Trinajstić information content (AvgIpc) is 2.89. The second-order valence-corrected chi connectivity index (χ2v) is 4.49. The van der Waals surface area contributed by atoms with E-state index in [4.69, 9.17) is 10.5 Å². The predicted octanol–water partition coefficient (Wildman–Crippen LogP) is 2.52. The highest BCUT2D eigenvalue weighted by Crippen LogP contribution is 2.21. The zero-order valence-electron chi connectivity index (χ0n) is 10.2. The largest absolute Gasteiger partial charge is 0.476 e. The molecule has 0 bridgehead atoms. The van der Waals surface area contributed by atoms with Gasteiger partial charge in [-0.05, 0) is 18.6 Å². The van der Waals surface area contributed by atoms with Gasteiger partial charge in [0.25, 0.3) is 0 Å². The molecule has 18 heavy (non-hydrogen) atoms. The van der Waals surface area contributed by atoms with Gasteiger partial charge < -0.3 is 15.8 Å². The first kappa shape index (κ1) is 12.6. The first-order valence-corrected chi connectivity index (χ1v) is 6.74. The van der Waals surface area contributed by atoms with Crippen LogP contribution in [-0.2, 0) is 6.54 Å². The molecule has 2 heterocycles. The zero-order valence-corrected chi connectivity index (χ0v) is 11.0. The number of nitrogen functional groups attached to an aromatic ring is 1. The lowest BCUT2D eigenvalue weighted by molar-refractivity contribution is 0.307. The summed E-state index contributed by atoms with van der Waals surface area (Å²) in [6.45, 7) is 3.31. The number of anilines is 2. The van der Waals surface area contributed by atoms with Crippen LogP contribution < -0.4 is 15.8 Å². The third kappa shape index (κ3) is 3.33. The standard InChI is InChI=1S/C12H16N4OS/c1-2-5-17-12-10(13)3-4-11(16-12)14-6-9-7-18-8-15-9/h3-4,7-8H,2,5-6,13H2,1H3,(H,14,16). The Hall–Kier alpha value is -1.82. The fourth-order valence-corrected chi connectivity index (χ4v) is 1.93.